The van der Waals surface area contributed by atoms with Crippen LogP contribution in [0.25, 0.3) is 11.1 Å². The Morgan fingerprint density at radius 2 is 1.78 bits per heavy atom. The van der Waals surface area contributed by atoms with Gasteiger partial charge in [0.05, 0.1) is 5.92 Å². The lowest BCUT2D eigenvalue weighted by Gasteiger charge is -2.27. The average Bonchev–Trinajstić information content (AvgIpc) is 3.06. The summed E-state index contributed by atoms with van der Waals surface area (Å²) >= 11 is 0. The molecule has 2 aliphatic rings. The maximum Gasteiger partial charge on any atom is 0.306 e. The Hall–Kier alpha value is -2.33. The maximum absolute atomic E-state index is 11.0. The van der Waals surface area contributed by atoms with Crippen molar-refractivity contribution in [1.29, 1.82) is 0 Å². The van der Waals surface area contributed by atoms with E-state index in [0.29, 0.717) is 6.04 Å². The molecule has 142 valence electrons. The van der Waals surface area contributed by atoms with E-state index in [4.69, 9.17) is 9.84 Å². The molecular formula is C23H27NO3. The van der Waals surface area contributed by atoms with Crippen LogP contribution in [0, 0.1) is 5.92 Å². The van der Waals surface area contributed by atoms with E-state index in [2.05, 4.69) is 54.7 Å². The quantitative estimate of drug-likeness (QED) is 0.824. The molecule has 4 nitrogen and oxygen atoms in total. The Kier molecular flexibility index (Phi) is 5.17. The molecule has 27 heavy (non-hydrogen) atoms. The molecule has 0 bridgehead atoms. The van der Waals surface area contributed by atoms with Crippen LogP contribution in [0.1, 0.15) is 43.7 Å². The maximum atomic E-state index is 11.0. The third-order valence-corrected chi connectivity index (χ3v) is 5.85. The van der Waals surface area contributed by atoms with Crippen LogP contribution in [0.15, 0.2) is 42.5 Å². The van der Waals surface area contributed by atoms with E-state index in [0.717, 1.165) is 44.4 Å². The number of carbonyl (C=O) groups is 1. The van der Waals surface area contributed by atoms with Crippen LogP contribution in [-0.4, -0.2) is 23.2 Å². The van der Waals surface area contributed by atoms with Crippen molar-refractivity contribution in [2.75, 3.05) is 0 Å². The molecule has 0 radical (unpaired) electrons. The van der Waals surface area contributed by atoms with Crippen LogP contribution in [0.5, 0.6) is 5.75 Å². The molecule has 0 saturated heterocycles. The van der Waals surface area contributed by atoms with E-state index < -0.39 is 5.97 Å². The van der Waals surface area contributed by atoms with Gasteiger partial charge in [0.2, 0.25) is 0 Å². The molecule has 2 N–H and O–H groups in total. The first-order valence-corrected chi connectivity index (χ1v) is 9.93. The summed E-state index contributed by atoms with van der Waals surface area (Å²) in [4.78, 5) is 11.0. The number of benzene rings is 2. The van der Waals surface area contributed by atoms with Crippen LogP contribution in [0.4, 0.5) is 0 Å². The summed E-state index contributed by atoms with van der Waals surface area (Å²) in [6.45, 7) is 2.94. The van der Waals surface area contributed by atoms with E-state index >= 15 is 0 Å². The number of nitrogens with one attached hydrogen (secondary N) is 1. The Labute approximate surface area is 160 Å². The second-order valence-corrected chi connectivity index (χ2v) is 7.92. The molecule has 1 aliphatic heterocycles. The summed E-state index contributed by atoms with van der Waals surface area (Å²) in [6.07, 6.45) is 4.72. The highest BCUT2D eigenvalue weighted by Crippen LogP contribution is 2.33. The minimum atomic E-state index is -0.642. The molecule has 0 amide bonds. The van der Waals surface area contributed by atoms with E-state index in [1.54, 1.807) is 0 Å². The van der Waals surface area contributed by atoms with Gasteiger partial charge in [-0.3, -0.25) is 4.79 Å². The Morgan fingerprint density at radius 1 is 1.07 bits per heavy atom. The zero-order valence-corrected chi connectivity index (χ0v) is 15.8. The highest BCUT2D eigenvalue weighted by atomic mass is 16.5. The number of ether oxygens (including phenoxy) is 1. The second kappa shape index (κ2) is 7.73. The Balaban J connectivity index is 1.33. The number of rotatable bonds is 5. The van der Waals surface area contributed by atoms with Crippen molar-refractivity contribution in [2.24, 2.45) is 5.92 Å². The molecule has 1 heterocycles. The molecule has 4 rings (SSSR count). The van der Waals surface area contributed by atoms with E-state index in [1.165, 1.54) is 22.3 Å². The molecule has 1 aliphatic carbocycles. The predicted molar refractivity (Wildman–Crippen MR) is 106 cm³/mol. The zero-order chi connectivity index (χ0) is 18.8. The number of hydrogen-bond donors (Lipinski definition) is 2. The fraction of sp³-hybridized carbons (Fsp3) is 0.435. The van der Waals surface area contributed by atoms with Gasteiger partial charge >= 0.3 is 5.97 Å². The minimum absolute atomic E-state index is 0.150. The smallest absolute Gasteiger partial charge is 0.306 e. The van der Waals surface area contributed by atoms with Gasteiger partial charge in [0.1, 0.15) is 11.9 Å². The van der Waals surface area contributed by atoms with Crippen molar-refractivity contribution in [3.05, 3.63) is 53.6 Å². The highest BCUT2D eigenvalue weighted by molar-refractivity contribution is 5.70. The van der Waals surface area contributed by atoms with Gasteiger partial charge in [-0.25, -0.2) is 0 Å². The first-order chi connectivity index (χ1) is 13.1. The van der Waals surface area contributed by atoms with Crippen LogP contribution >= 0.6 is 0 Å². The number of carboxylic acids is 1. The summed E-state index contributed by atoms with van der Waals surface area (Å²) in [6, 6.07) is 15.6. The summed E-state index contributed by atoms with van der Waals surface area (Å²) in [5, 5.41) is 12.7. The van der Waals surface area contributed by atoms with Gasteiger partial charge in [-0.1, -0.05) is 30.3 Å². The van der Waals surface area contributed by atoms with Gasteiger partial charge in [-0.05, 0) is 67.0 Å². The molecule has 1 unspecified atom stereocenters. The third kappa shape index (κ3) is 4.16. The number of carboxylic acid groups (broad SMARTS) is 1. The molecule has 1 saturated carbocycles. The van der Waals surface area contributed by atoms with Gasteiger partial charge < -0.3 is 15.2 Å². The minimum Gasteiger partial charge on any atom is -0.490 e. The van der Waals surface area contributed by atoms with Gasteiger partial charge in [0.25, 0.3) is 0 Å². The SMILES string of the molecule is CC1Cc2cc(-c3ccc(CNC4CCC(C(=O)O)CC4)cc3)ccc2O1. The third-order valence-electron chi connectivity index (χ3n) is 5.85. The first kappa shape index (κ1) is 18.1. The van der Waals surface area contributed by atoms with Gasteiger partial charge in [0.15, 0.2) is 0 Å². The van der Waals surface area contributed by atoms with E-state index in [1.807, 2.05) is 0 Å². The average molecular weight is 365 g/mol. The molecule has 1 atom stereocenters. The second-order valence-electron chi connectivity index (χ2n) is 7.92. The Morgan fingerprint density at radius 3 is 2.48 bits per heavy atom. The van der Waals surface area contributed by atoms with Gasteiger partial charge in [-0.2, -0.15) is 0 Å². The lowest BCUT2D eigenvalue weighted by atomic mass is 9.86. The van der Waals surface area contributed by atoms with Gasteiger partial charge in [0, 0.05) is 19.0 Å². The normalized spacial score (nSPS) is 24.3. The molecule has 4 heteroatoms. The molecule has 0 aromatic heterocycles. The van der Waals surface area contributed by atoms with Gasteiger partial charge in [-0.15, -0.1) is 0 Å². The zero-order valence-electron chi connectivity index (χ0n) is 15.8. The van der Waals surface area contributed by atoms with Crippen LogP contribution in [0.3, 0.4) is 0 Å². The fourth-order valence-corrected chi connectivity index (χ4v) is 4.22. The monoisotopic (exact) mass is 365 g/mol. The van der Waals surface area contributed by atoms with Crippen LogP contribution in [-0.2, 0) is 17.8 Å². The van der Waals surface area contributed by atoms with Crippen molar-refractivity contribution in [3.8, 4) is 16.9 Å². The summed E-state index contributed by atoms with van der Waals surface area (Å²) in [5.41, 5.74) is 5.01. The predicted octanol–water partition coefficient (Wildman–Crippen LogP) is 4.41. The van der Waals surface area contributed by atoms with Crippen molar-refractivity contribution in [1.82, 2.24) is 5.32 Å². The topological polar surface area (TPSA) is 58.6 Å². The fourth-order valence-electron chi connectivity index (χ4n) is 4.22. The van der Waals surface area contributed by atoms with Crippen LogP contribution < -0.4 is 10.1 Å². The highest BCUT2D eigenvalue weighted by Gasteiger charge is 2.25. The molecule has 1 fully saturated rings. The van der Waals surface area contributed by atoms with Crippen LogP contribution in [0.2, 0.25) is 0 Å². The molecular weight excluding hydrogens is 338 g/mol. The standard InChI is InChI=1S/C23H27NO3/c1-15-12-20-13-19(8-11-22(20)27-15)17-4-2-16(3-5-17)14-24-21-9-6-18(7-10-21)23(25)26/h2-5,8,11,13,15,18,21,24H,6-7,9-10,12,14H2,1H3,(H,25,26). The largest absolute Gasteiger partial charge is 0.490 e. The van der Waals surface area contributed by atoms with Crippen molar-refractivity contribution < 1.29 is 14.6 Å². The lowest BCUT2D eigenvalue weighted by molar-refractivity contribution is -0.142. The first-order valence-electron chi connectivity index (χ1n) is 9.93. The number of hydrogen-bond acceptors (Lipinski definition) is 3. The number of fused-ring (bicyclic) bond motifs is 1. The molecule has 2 aromatic rings. The molecule has 0 spiro atoms. The van der Waals surface area contributed by atoms with Crippen molar-refractivity contribution in [2.45, 2.75) is 57.7 Å². The summed E-state index contributed by atoms with van der Waals surface area (Å²) in [5.74, 6) is 0.226. The van der Waals surface area contributed by atoms with E-state index in [-0.39, 0.29) is 12.0 Å². The summed E-state index contributed by atoms with van der Waals surface area (Å²) < 4.78 is 5.79. The molecule has 2 aromatic carbocycles. The summed E-state index contributed by atoms with van der Waals surface area (Å²) in [7, 11) is 0. The number of aliphatic carboxylic acids is 1. The van der Waals surface area contributed by atoms with Crippen molar-refractivity contribution in [3.63, 3.8) is 0 Å². The van der Waals surface area contributed by atoms with Crippen molar-refractivity contribution >= 4 is 5.97 Å². The Bertz CT molecular complexity index is 807. The van der Waals surface area contributed by atoms with E-state index in [9.17, 15) is 4.79 Å². The lowest BCUT2D eigenvalue weighted by Crippen LogP contribution is -2.34.